The molecule has 0 atom stereocenters. The minimum Gasteiger partial charge on any atom is -0.326 e. The summed E-state index contributed by atoms with van der Waals surface area (Å²) in [5, 5.41) is 7.00. The van der Waals surface area contributed by atoms with Crippen LogP contribution in [0.15, 0.2) is 71.9 Å². The maximum absolute atomic E-state index is 12.1. The van der Waals surface area contributed by atoms with Gasteiger partial charge in [0.2, 0.25) is 5.91 Å². The molecule has 128 valence electrons. The molecule has 1 aromatic heterocycles. The number of carbonyl (C=O) groups is 1. The van der Waals surface area contributed by atoms with Gasteiger partial charge in [0, 0.05) is 18.1 Å². The predicted octanol–water partition coefficient (Wildman–Crippen LogP) is 2.46. The lowest BCUT2D eigenvalue weighted by molar-refractivity contribution is -0.115. The van der Waals surface area contributed by atoms with E-state index < -0.39 is 9.84 Å². The zero-order chi connectivity index (χ0) is 17.9. The summed E-state index contributed by atoms with van der Waals surface area (Å²) in [4.78, 5) is 12.4. The highest BCUT2D eigenvalue weighted by molar-refractivity contribution is 7.90. The summed E-state index contributed by atoms with van der Waals surface area (Å²) < 4.78 is 24.6. The van der Waals surface area contributed by atoms with Crippen molar-refractivity contribution in [3.8, 4) is 5.69 Å². The third-order valence-electron chi connectivity index (χ3n) is 3.59. The number of nitrogens with zero attached hydrogens (tertiary/aromatic N) is 2. The molecule has 0 fully saturated rings. The molecule has 7 heteroatoms. The Hall–Kier alpha value is -2.93. The monoisotopic (exact) mass is 355 g/mol. The van der Waals surface area contributed by atoms with E-state index in [0.717, 1.165) is 17.5 Å². The summed E-state index contributed by atoms with van der Waals surface area (Å²) in [6.07, 6.45) is 4.78. The summed E-state index contributed by atoms with van der Waals surface area (Å²) in [5.74, 6) is -0.195. The van der Waals surface area contributed by atoms with Gasteiger partial charge in [0.15, 0.2) is 9.84 Å². The van der Waals surface area contributed by atoms with Crippen LogP contribution >= 0.6 is 0 Å². The average Bonchev–Trinajstić information content (AvgIpc) is 3.03. The van der Waals surface area contributed by atoms with E-state index in [1.165, 1.54) is 12.1 Å². The lowest BCUT2D eigenvalue weighted by Crippen LogP contribution is -2.14. The Kier molecular flexibility index (Phi) is 4.67. The molecule has 0 bridgehead atoms. The molecule has 0 aliphatic heterocycles. The highest BCUT2D eigenvalue weighted by Crippen LogP contribution is 2.14. The number of nitrogens with one attached hydrogen (secondary N) is 1. The van der Waals surface area contributed by atoms with Gasteiger partial charge in [0.05, 0.1) is 23.2 Å². The molecule has 25 heavy (non-hydrogen) atoms. The molecule has 0 saturated heterocycles. The Balaban J connectivity index is 1.64. The summed E-state index contributed by atoms with van der Waals surface area (Å²) >= 11 is 0. The van der Waals surface area contributed by atoms with E-state index in [1.54, 1.807) is 23.0 Å². The summed E-state index contributed by atoms with van der Waals surface area (Å²) in [6.45, 7) is 0. The van der Waals surface area contributed by atoms with E-state index >= 15 is 0 Å². The molecule has 0 aliphatic rings. The quantitative estimate of drug-likeness (QED) is 0.762. The van der Waals surface area contributed by atoms with Crippen LogP contribution in [0.25, 0.3) is 5.69 Å². The van der Waals surface area contributed by atoms with Crippen LogP contribution in [-0.2, 0) is 21.1 Å². The number of benzene rings is 2. The third kappa shape index (κ3) is 4.33. The van der Waals surface area contributed by atoms with Gasteiger partial charge in [-0.05, 0) is 42.0 Å². The van der Waals surface area contributed by atoms with Crippen LogP contribution < -0.4 is 5.32 Å². The predicted molar refractivity (Wildman–Crippen MR) is 95.4 cm³/mol. The second kappa shape index (κ2) is 6.90. The van der Waals surface area contributed by atoms with Gasteiger partial charge >= 0.3 is 0 Å². The standard InChI is InChI=1S/C18H17N3O3S/c1-25(23,24)17-9-7-15(8-10-17)20-18(22)11-14-12-19-21(13-14)16-5-3-2-4-6-16/h2-10,12-13H,11H2,1H3,(H,20,22). The molecule has 0 unspecified atom stereocenters. The van der Waals surface area contributed by atoms with Crippen LogP contribution in [0.1, 0.15) is 5.56 Å². The Morgan fingerprint density at radius 2 is 1.76 bits per heavy atom. The molecule has 2 aromatic carbocycles. The molecule has 0 spiro atoms. The lowest BCUT2D eigenvalue weighted by Gasteiger charge is -2.05. The Bertz CT molecular complexity index is 978. The Labute approximate surface area is 146 Å². The molecule has 1 heterocycles. The van der Waals surface area contributed by atoms with Gasteiger partial charge in [0.25, 0.3) is 0 Å². The number of anilines is 1. The minimum absolute atomic E-state index is 0.181. The van der Waals surface area contributed by atoms with Crippen molar-refractivity contribution in [3.63, 3.8) is 0 Å². The highest BCUT2D eigenvalue weighted by Gasteiger charge is 2.09. The van der Waals surface area contributed by atoms with Crippen LogP contribution in [-0.4, -0.2) is 30.4 Å². The molecule has 0 radical (unpaired) electrons. The first-order valence-electron chi connectivity index (χ1n) is 7.61. The number of para-hydroxylation sites is 1. The van der Waals surface area contributed by atoms with Gasteiger partial charge in [0.1, 0.15) is 0 Å². The maximum atomic E-state index is 12.1. The van der Waals surface area contributed by atoms with E-state index in [0.29, 0.717) is 5.69 Å². The third-order valence-corrected chi connectivity index (χ3v) is 4.72. The highest BCUT2D eigenvalue weighted by atomic mass is 32.2. The first-order valence-corrected chi connectivity index (χ1v) is 9.50. The fourth-order valence-electron chi connectivity index (χ4n) is 2.35. The molecule has 3 aromatic rings. The van der Waals surface area contributed by atoms with Crippen molar-refractivity contribution in [1.29, 1.82) is 0 Å². The zero-order valence-electron chi connectivity index (χ0n) is 13.6. The largest absolute Gasteiger partial charge is 0.326 e. The van der Waals surface area contributed by atoms with Gasteiger partial charge < -0.3 is 5.32 Å². The van der Waals surface area contributed by atoms with Crippen LogP contribution in [0.4, 0.5) is 5.69 Å². The molecular weight excluding hydrogens is 338 g/mol. The number of aromatic nitrogens is 2. The van der Waals surface area contributed by atoms with E-state index in [9.17, 15) is 13.2 Å². The van der Waals surface area contributed by atoms with E-state index in [1.807, 2.05) is 36.5 Å². The van der Waals surface area contributed by atoms with Gasteiger partial charge in [-0.15, -0.1) is 0 Å². The van der Waals surface area contributed by atoms with Gasteiger partial charge in [-0.25, -0.2) is 13.1 Å². The Morgan fingerprint density at radius 3 is 2.40 bits per heavy atom. The number of hydrogen-bond acceptors (Lipinski definition) is 4. The van der Waals surface area contributed by atoms with Gasteiger partial charge in [-0.2, -0.15) is 5.10 Å². The summed E-state index contributed by atoms with van der Waals surface area (Å²) in [7, 11) is -3.24. The number of rotatable bonds is 5. The van der Waals surface area contributed by atoms with E-state index in [4.69, 9.17) is 0 Å². The van der Waals surface area contributed by atoms with Crippen LogP contribution in [0.5, 0.6) is 0 Å². The fraction of sp³-hybridized carbons (Fsp3) is 0.111. The second-order valence-corrected chi connectivity index (χ2v) is 7.67. The maximum Gasteiger partial charge on any atom is 0.228 e. The van der Waals surface area contributed by atoms with Crippen molar-refractivity contribution in [2.75, 3.05) is 11.6 Å². The van der Waals surface area contributed by atoms with Crippen molar-refractivity contribution < 1.29 is 13.2 Å². The van der Waals surface area contributed by atoms with Crippen molar-refractivity contribution in [2.24, 2.45) is 0 Å². The topological polar surface area (TPSA) is 81.1 Å². The normalized spacial score (nSPS) is 11.2. The molecule has 1 N–H and O–H groups in total. The summed E-state index contributed by atoms with van der Waals surface area (Å²) in [5.41, 5.74) is 2.26. The molecule has 6 nitrogen and oxygen atoms in total. The van der Waals surface area contributed by atoms with Crippen LogP contribution in [0.3, 0.4) is 0 Å². The fourth-order valence-corrected chi connectivity index (χ4v) is 2.98. The van der Waals surface area contributed by atoms with Crippen molar-refractivity contribution >= 4 is 21.4 Å². The number of hydrogen-bond donors (Lipinski definition) is 1. The lowest BCUT2D eigenvalue weighted by atomic mass is 10.2. The molecular formula is C18H17N3O3S. The van der Waals surface area contributed by atoms with Crippen LogP contribution in [0, 0.1) is 0 Å². The average molecular weight is 355 g/mol. The van der Waals surface area contributed by atoms with Crippen molar-refractivity contribution in [1.82, 2.24) is 9.78 Å². The van der Waals surface area contributed by atoms with Crippen LogP contribution in [0.2, 0.25) is 0 Å². The van der Waals surface area contributed by atoms with Crippen molar-refractivity contribution in [2.45, 2.75) is 11.3 Å². The SMILES string of the molecule is CS(=O)(=O)c1ccc(NC(=O)Cc2cnn(-c3ccccc3)c2)cc1. The van der Waals surface area contributed by atoms with E-state index in [-0.39, 0.29) is 17.2 Å². The smallest absolute Gasteiger partial charge is 0.228 e. The first-order chi connectivity index (χ1) is 11.9. The Morgan fingerprint density at radius 1 is 1.08 bits per heavy atom. The number of amides is 1. The van der Waals surface area contributed by atoms with E-state index in [2.05, 4.69) is 10.4 Å². The number of sulfone groups is 1. The molecule has 0 aliphatic carbocycles. The summed E-state index contributed by atoms with van der Waals surface area (Å²) in [6, 6.07) is 15.7. The number of carbonyl (C=O) groups excluding carboxylic acids is 1. The zero-order valence-corrected chi connectivity index (χ0v) is 14.4. The first kappa shape index (κ1) is 16.9. The molecule has 3 rings (SSSR count). The van der Waals surface area contributed by atoms with Gasteiger partial charge in [-0.1, -0.05) is 18.2 Å². The minimum atomic E-state index is -3.24. The second-order valence-electron chi connectivity index (χ2n) is 5.65. The molecule has 0 saturated carbocycles. The van der Waals surface area contributed by atoms with Crippen molar-refractivity contribution in [3.05, 3.63) is 72.6 Å². The van der Waals surface area contributed by atoms with Gasteiger partial charge in [-0.3, -0.25) is 4.79 Å². The molecule has 1 amide bonds.